The van der Waals surface area contributed by atoms with Crippen molar-refractivity contribution in [1.82, 2.24) is 4.90 Å². The molecule has 3 heteroatoms. The van der Waals surface area contributed by atoms with Gasteiger partial charge < -0.3 is 10.6 Å². The summed E-state index contributed by atoms with van der Waals surface area (Å²) in [5, 5.41) is 0. The fraction of sp³-hybridized carbons (Fsp3) is 0.500. The highest BCUT2D eigenvalue weighted by molar-refractivity contribution is 5.99. The van der Waals surface area contributed by atoms with E-state index in [9.17, 15) is 4.79 Å². The maximum absolute atomic E-state index is 12.2. The van der Waals surface area contributed by atoms with Gasteiger partial charge in [-0.3, -0.25) is 4.79 Å². The maximum atomic E-state index is 12.2. The molecule has 0 unspecified atom stereocenters. The monoisotopic (exact) mass is 234 g/mol. The van der Waals surface area contributed by atoms with Crippen LogP contribution in [0.3, 0.4) is 0 Å². The summed E-state index contributed by atoms with van der Waals surface area (Å²) in [4.78, 5) is 13.9. The van der Waals surface area contributed by atoms with Crippen LogP contribution in [0.15, 0.2) is 18.2 Å². The molecule has 0 radical (unpaired) electrons. The fourth-order valence-corrected chi connectivity index (χ4v) is 1.61. The van der Waals surface area contributed by atoms with Gasteiger partial charge in [0.15, 0.2) is 0 Å². The van der Waals surface area contributed by atoms with Crippen molar-refractivity contribution in [2.24, 2.45) is 5.92 Å². The average molecular weight is 234 g/mol. The number of carbonyl (C=O) groups is 1. The van der Waals surface area contributed by atoms with E-state index in [1.54, 1.807) is 11.0 Å². The van der Waals surface area contributed by atoms with E-state index in [2.05, 4.69) is 13.8 Å². The van der Waals surface area contributed by atoms with Gasteiger partial charge in [-0.1, -0.05) is 25.5 Å². The summed E-state index contributed by atoms with van der Waals surface area (Å²) >= 11 is 0. The van der Waals surface area contributed by atoms with Crippen LogP contribution in [0, 0.1) is 12.8 Å². The molecule has 1 amide bonds. The van der Waals surface area contributed by atoms with Crippen LogP contribution in [-0.4, -0.2) is 24.4 Å². The van der Waals surface area contributed by atoms with Crippen molar-refractivity contribution in [3.63, 3.8) is 0 Å². The molecule has 0 saturated heterocycles. The molecule has 0 fully saturated rings. The maximum Gasteiger partial charge on any atom is 0.255 e. The Labute approximate surface area is 104 Å². The van der Waals surface area contributed by atoms with Gasteiger partial charge in [-0.2, -0.15) is 0 Å². The Bertz CT molecular complexity index is 399. The Morgan fingerprint density at radius 1 is 1.41 bits per heavy atom. The Morgan fingerprint density at radius 2 is 2.06 bits per heavy atom. The molecule has 17 heavy (non-hydrogen) atoms. The third-order valence-corrected chi connectivity index (χ3v) is 2.83. The number of aryl methyl sites for hydroxylation is 1. The van der Waals surface area contributed by atoms with Crippen molar-refractivity contribution in [3.8, 4) is 0 Å². The SMILES string of the molecule is Cc1ccc(N)c(C(=O)N(C)CCC(C)C)c1. The summed E-state index contributed by atoms with van der Waals surface area (Å²) in [6.45, 7) is 7.03. The summed E-state index contributed by atoms with van der Waals surface area (Å²) < 4.78 is 0. The quantitative estimate of drug-likeness (QED) is 0.814. The largest absolute Gasteiger partial charge is 0.398 e. The minimum atomic E-state index is 0.00634. The molecule has 0 atom stereocenters. The first-order chi connectivity index (χ1) is 7.91. The van der Waals surface area contributed by atoms with Gasteiger partial charge in [0.2, 0.25) is 0 Å². The fourth-order valence-electron chi connectivity index (χ4n) is 1.61. The zero-order chi connectivity index (χ0) is 13.0. The molecule has 1 aromatic carbocycles. The van der Waals surface area contributed by atoms with Gasteiger partial charge in [-0.15, -0.1) is 0 Å². The number of benzene rings is 1. The van der Waals surface area contributed by atoms with Crippen molar-refractivity contribution in [2.45, 2.75) is 27.2 Å². The molecule has 1 rings (SSSR count). The van der Waals surface area contributed by atoms with Crippen molar-refractivity contribution in [3.05, 3.63) is 29.3 Å². The zero-order valence-corrected chi connectivity index (χ0v) is 11.2. The molecular weight excluding hydrogens is 212 g/mol. The van der Waals surface area contributed by atoms with Crippen molar-refractivity contribution in [2.75, 3.05) is 19.3 Å². The average Bonchev–Trinajstić information content (AvgIpc) is 2.28. The van der Waals surface area contributed by atoms with Crippen LogP contribution in [0.4, 0.5) is 5.69 Å². The second-order valence-electron chi connectivity index (χ2n) is 5.00. The Balaban J connectivity index is 2.78. The van der Waals surface area contributed by atoms with Gasteiger partial charge in [0.1, 0.15) is 0 Å². The number of amides is 1. The highest BCUT2D eigenvalue weighted by Crippen LogP contribution is 2.16. The molecule has 0 aromatic heterocycles. The lowest BCUT2D eigenvalue weighted by Gasteiger charge is -2.19. The van der Waals surface area contributed by atoms with E-state index in [0.29, 0.717) is 17.2 Å². The van der Waals surface area contributed by atoms with Crippen LogP contribution in [0.25, 0.3) is 0 Å². The van der Waals surface area contributed by atoms with Crippen LogP contribution < -0.4 is 5.73 Å². The Kier molecular flexibility index (Phi) is 4.55. The van der Waals surface area contributed by atoms with Crippen LogP contribution in [0.2, 0.25) is 0 Å². The number of anilines is 1. The smallest absolute Gasteiger partial charge is 0.255 e. The van der Waals surface area contributed by atoms with Crippen LogP contribution in [0.5, 0.6) is 0 Å². The summed E-state index contributed by atoms with van der Waals surface area (Å²) in [5.41, 5.74) is 8.05. The van der Waals surface area contributed by atoms with Gasteiger partial charge in [0.25, 0.3) is 5.91 Å². The molecule has 0 aliphatic carbocycles. The van der Waals surface area contributed by atoms with E-state index in [-0.39, 0.29) is 5.91 Å². The van der Waals surface area contributed by atoms with E-state index in [4.69, 9.17) is 5.73 Å². The minimum Gasteiger partial charge on any atom is -0.398 e. The molecule has 2 N–H and O–H groups in total. The molecule has 3 nitrogen and oxygen atoms in total. The first kappa shape index (κ1) is 13.6. The zero-order valence-electron chi connectivity index (χ0n) is 11.2. The highest BCUT2D eigenvalue weighted by Gasteiger charge is 2.14. The van der Waals surface area contributed by atoms with Gasteiger partial charge in [-0.05, 0) is 31.4 Å². The number of carbonyl (C=O) groups excluding carboxylic acids is 1. The molecule has 0 aliphatic heterocycles. The first-order valence-corrected chi connectivity index (χ1v) is 6.03. The van der Waals surface area contributed by atoms with E-state index in [1.165, 1.54) is 0 Å². The lowest BCUT2D eigenvalue weighted by molar-refractivity contribution is 0.0790. The predicted octanol–water partition coefficient (Wildman–Crippen LogP) is 2.70. The molecule has 1 aromatic rings. The second kappa shape index (κ2) is 5.71. The highest BCUT2D eigenvalue weighted by atomic mass is 16.2. The molecule has 0 aliphatic rings. The number of nitrogens with two attached hydrogens (primary N) is 1. The molecular formula is C14H22N2O. The number of nitrogens with zero attached hydrogens (tertiary/aromatic N) is 1. The lowest BCUT2D eigenvalue weighted by atomic mass is 10.1. The van der Waals surface area contributed by atoms with Crippen molar-refractivity contribution < 1.29 is 4.79 Å². The van der Waals surface area contributed by atoms with Gasteiger partial charge >= 0.3 is 0 Å². The third kappa shape index (κ3) is 3.77. The lowest BCUT2D eigenvalue weighted by Crippen LogP contribution is -2.29. The Hall–Kier alpha value is -1.51. The molecule has 0 saturated carbocycles. The van der Waals surface area contributed by atoms with Crippen LogP contribution in [0.1, 0.15) is 36.2 Å². The second-order valence-corrected chi connectivity index (χ2v) is 5.00. The number of hydrogen-bond donors (Lipinski definition) is 1. The van der Waals surface area contributed by atoms with E-state index < -0.39 is 0 Å². The van der Waals surface area contributed by atoms with Crippen LogP contribution in [-0.2, 0) is 0 Å². The van der Waals surface area contributed by atoms with Gasteiger partial charge in [0, 0.05) is 19.3 Å². The van der Waals surface area contributed by atoms with E-state index in [0.717, 1.165) is 18.5 Å². The summed E-state index contributed by atoms with van der Waals surface area (Å²) in [5.74, 6) is 0.604. The van der Waals surface area contributed by atoms with Gasteiger partial charge in [-0.25, -0.2) is 0 Å². The third-order valence-electron chi connectivity index (χ3n) is 2.83. The number of hydrogen-bond acceptors (Lipinski definition) is 2. The number of rotatable bonds is 4. The Morgan fingerprint density at radius 3 is 2.65 bits per heavy atom. The molecule has 0 spiro atoms. The van der Waals surface area contributed by atoms with E-state index >= 15 is 0 Å². The van der Waals surface area contributed by atoms with Crippen molar-refractivity contribution in [1.29, 1.82) is 0 Å². The first-order valence-electron chi connectivity index (χ1n) is 6.03. The summed E-state index contributed by atoms with van der Waals surface area (Å²) in [6.07, 6.45) is 1.01. The molecule has 94 valence electrons. The van der Waals surface area contributed by atoms with Gasteiger partial charge in [0.05, 0.1) is 5.56 Å². The number of nitrogen functional groups attached to an aromatic ring is 1. The molecule has 0 heterocycles. The van der Waals surface area contributed by atoms with E-state index in [1.807, 2.05) is 26.1 Å². The topological polar surface area (TPSA) is 46.3 Å². The van der Waals surface area contributed by atoms with Crippen molar-refractivity contribution >= 4 is 11.6 Å². The standard InChI is InChI=1S/C14H22N2O/c1-10(2)7-8-16(4)14(17)12-9-11(3)5-6-13(12)15/h5-6,9-10H,7-8,15H2,1-4H3. The minimum absolute atomic E-state index is 0.00634. The normalized spacial score (nSPS) is 10.6. The van der Waals surface area contributed by atoms with Crippen LogP contribution >= 0.6 is 0 Å². The predicted molar refractivity (Wildman–Crippen MR) is 72.0 cm³/mol. The summed E-state index contributed by atoms with van der Waals surface area (Å²) in [6, 6.07) is 5.56. The molecule has 0 bridgehead atoms. The summed E-state index contributed by atoms with van der Waals surface area (Å²) in [7, 11) is 1.83.